The molecule has 2 heterocycles. The largest absolute Gasteiger partial charge is 0.399 e. The van der Waals surface area contributed by atoms with Crippen LogP contribution in [0, 0.1) is 0 Å². The van der Waals surface area contributed by atoms with Crippen LogP contribution in [0.3, 0.4) is 0 Å². The van der Waals surface area contributed by atoms with Crippen molar-refractivity contribution in [2.75, 3.05) is 5.73 Å². The molecule has 90 valence electrons. The molecule has 7 nitrogen and oxygen atoms in total. The lowest BCUT2D eigenvalue weighted by Crippen LogP contribution is -1.98. The van der Waals surface area contributed by atoms with Gasteiger partial charge in [-0.05, 0) is 34.7 Å². The van der Waals surface area contributed by atoms with Gasteiger partial charge in [-0.25, -0.2) is 0 Å². The average molecular weight is 241 g/mol. The van der Waals surface area contributed by atoms with E-state index in [0.717, 1.165) is 11.3 Å². The van der Waals surface area contributed by atoms with Crippen LogP contribution in [0.25, 0.3) is 17.1 Å². The molecule has 2 N–H and O–H groups in total. The van der Waals surface area contributed by atoms with E-state index in [1.165, 1.54) is 0 Å². The van der Waals surface area contributed by atoms with E-state index in [2.05, 4.69) is 20.6 Å². The van der Waals surface area contributed by atoms with Gasteiger partial charge in [-0.3, -0.25) is 4.68 Å². The third kappa shape index (κ3) is 1.71. The summed E-state index contributed by atoms with van der Waals surface area (Å²) in [6, 6.07) is 7.40. The number of aryl methyl sites for hydroxylation is 1. The summed E-state index contributed by atoms with van der Waals surface area (Å²) in [5.41, 5.74) is 8.08. The highest BCUT2D eigenvalue weighted by atomic mass is 15.5. The predicted octanol–water partition coefficient (Wildman–Crippen LogP) is 0.645. The molecule has 0 saturated carbocycles. The summed E-state index contributed by atoms with van der Waals surface area (Å²) in [5.74, 6) is 0.656. The van der Waals surface area contributed by atoms with E-state index < -0.39 is 0 Å². The first-order valence-electron chi connectivity index (χ1n) is 5.37. The Morgan fingerprint density at radius 2 is 1.94 bits per heavy atom. The Hall–Kier alpha value is -2.70. The monoisotopic (exact) mass is 241 g/mol. The van der Waals surface area contributed by atoms with Crippen LogP contribution in [0.4, 0.5) is 5.69 Å². The smallest absolute Gasteiger partial charge is 0.187 e. The maximum absolute atomic E-state index is 5.66. The molecule has 18 heavy (non-hydrogen) atoms. The fraction of sp³-hybridized carbons (Fsp3) is 0.0909. The van der Waals surface area contributed by atoms with Crippen LogP contribution in [0.5, 0.6) is 0 Å². The molecule has 0 bridgehead atoms. The van der Waals surface area contributed by atoms with Crippen molar-refractivity contribution in [1.82, 2.24) is 30.0 Å². The lowest BCUT2D eigenvalue weighted by molar-refractivity contribution is 0.762. The maximum atomic E-state index is 5.66. The Kier molecular flexibility index (Phi) is 2.30. The third-order valence-corrected chi connectivity index (χ3v) is 2.57. The van der Waals surface area contributed by atoms with Gasteiger partial charge in [0, 0.05) is 18.3 Å². The van der Waals surface area contributed by atoms with Crippen molar-refractivity contribution >= 4 is 5.69 Å². The minimum atomic E-state index is 0.656. The van der Waals surface area contributed by atoms with E-state index in [1.54, 1.807) is 15.6 Å². The Balaban J connectivity index is 2.09. The van der Waals surface area contributed by atoms with E-state index >= 15 is 0 Å². The van der Waals surface area contributed by atoms with Crippen molar-refractivity contribution in [3.05, 3.63) is 36.7 Å². The summed E-state index contributed by atoms with van der Waals surface area (Å²) in [5, 5.41) is 15.8. The van der Waals surface area contributed by atoms with E-state index in [1.807, 2.05) is 37.5 Å². The fourth-order valence-electron chi connectivity index (χ4n) is 1.69. The summed E-state index contributed by atoms with van der Waals surface area (Å²) >= 11 is 0. The number of hydrogen-bond donors (Lipinski definition) is 1. The number of benzene rings is 1. The molecule has 2 aromatic heterocycles. The van der Waals surface area contributed by atoms with Crippen LogP contribution in [-0.2, 0) is 7.05 Å². The summed E-state index contributed by atoms with van der Waals surface area (Å²) < 4.78 is 3.34. The highest BCUT2D eigenvalue weighted by Gasteiger charge is 2.11. The van der Waals surface area contributed by atoms with Crippen LogP contribution in [0.15, 0.2) is 36.7 Å². The molecular weight excluding hydrogens is 230 g/mol. The number of tetrazole rings is 1. The van der Waals surface area contributed by atoms with E-state index in [0.29, 0.717) is 11.5 Å². The second-order valence-corrected chi connectivity index (χ2v) is 3.91. The van der Waals surface area contributed by atoms with Gasteiger partial charge in [0.25, 0.3) is 0 Å². The predicted molar refractivity (Wildman–Crippen MR) is 65.8 cm³/mol. The van der Waals surface area contributed by atoms with Crippen molar-refractivity contribution in [2.45, 2.75) is 0 Å². The summed E-state index contributed by atoms with van der Waals surface area (Å²) in [6.07, 6.45) is 3.55. The van der Waals surface area contributed by atoms with Gasteiger partial charge in [-0.15, -0.1) is 5.10 Å². The van der Waals surface area contributed by atoms with E-state index in [-0.39, 0.29) is 0 Å². The number of rotatable bonds is 2. The Labute approximate surface area is 103 Å². The van der Waals surface area contributed by atoms with Crippen molar-refractivity contribution in [3.8, 4) is 17.1 Å². The summed E-state index contributed by atoms with van der Waals surface area (Å²) in [7, 11) is 1.84. The molecule has 0 amide bonds. The zero-order chi connectivity index (χ0) is 12.5. The highest BCUT2D eigenvalue weighted by molar-refractivity contribution is 5.60. The molecule has 7 heteroatoms. The van der Waals surface area contributed by atoms with Gasteiger partial charge in [0.2, 0.25) is 0 Å². The molecule has 0 radical (unpaired) electrons. The molecule has 3 aromatic rings. The van der Waals surface area contributed by atoms with Crippen molar-refractivity contribution in [1.29, 1.82) is 0 Å². The van der Waals surface area contributed by atoms with Crippen molar-refractivity contribution in [3.63, 3.8) is 0 Å². The zero-order valence-electron chi connectivity index (χ0n) is 9.72. The Bertz CT molecular complexity index is 665. The van der Waals surface area contributed by atoms with Crippen LogP contribution in [-0.4, -0.2) is 30.0 Å². The van der Waals surface area contributed by atoms with Crippen LogP contribution >= 0.6 is 0 Å². The van der Waals surface area contributed by atoms with Crippen molar-refractivity contribution in [2.24, 2.45) is 7.05 Å². The Morgan fingerprint density at radius 1 is 1.17 bits per heavy atom. The molecule has 0 atom stereocenters. The first-order chi connectivity index (χ1) is 8.74. The molecule has 0 spiro atoms. The van der Waals surface area contributed by atoms with E-state index in [9.17, 15) is 0 Å². The topological polar surface area (TPSA) is 87.4 Å². The number of hydrogen-bond acceptors (Lipinski definition) is 5. The molecule has 3 rings (SSSR count). The van der Waals surface area contributed by atoms with Crippen LogP contribution < -0.4 is 5.73 Å². The first kappa shape index (κ1) is 10.5. The standard InChI is InChI=1S/C11H11N7/c1-17-7-10(6-13-17)18-11(14-15-16-18)8-2-4-9(12)5-3-8/h2-7H,12H2,1H3. The SMILES string of the molecule is Cn1cc(-n2nnnc2-c2ccc(N)cc2)cn1. The molecule has 0 aliphatic heterocycles. The normalized spacial score (nSPS) is 10.7. The number of nitrogens with two attached hydrogens (primary N) is 1. The molecule has 1 aromatic carbocycles. The van der Waals surface area contributed by atoms with Crippen molar-refractivity contribution < 1.29 is 0 Å². The van der Waals surface area contributed by atoms with Gasteiger partial charge in [0.05, 0.1) is 12.4 Å². The second kappa shape index (κ2) is 3.95. The maximum Gasteiger partial charge on any atom is 0.187 e. The average Bonchev–Trinajstić information content (AvgIpc) is 2.98. The number of anilines is 1. The summed E-state index contributed by atoms with van der Waals surface area (Å²) in [6.45, 7) is 0. The lowest BCUT2D eigenvalue weighted by Gasteiger charge is -2.01. The van der Waals surface area contributed by atoms with E-state index in [4.69, 9.17) is 5.73 Å². The molecule has 0 aliphatic carbocycles. The minimum absolute atomic E-state index is 0.656. The number of nitrogens with zero attached hydrogens (tertiary/aromatic N) is 6. The van der Waals surface area contributed by atoms with Crippen LogP contribution in [0.1, 0.15) is 0 Å². The lowest BCUT2D eigenvalue weighted by atomic mass is 10.2. The quantitative estimate of drug-likeness (QED) is 0.665. The van der Waals surface area contributed by atoms with Gasteiger partial charge in [-0.1, -0.05) is 0 Å². The van der Waals surface area contributed by atoms with Gasteiger partial charge >= 0.3 is 0 Å². The fourth-order valence-corrected chi connectivity index (χ4v) is 1.69. The molecule has 0 saturated heterocycles. The molecule has 0 aliphatic rings. The first-order valence-corrected chi connectivity index (χ1v) is 5.37. The molecule has 0 unspecified atom stereocenters. The number of aromatic nitrogens is 6. The molecular formula is C11H11N7. The van der Waals surface area contributed by atoms with Gasteiger partial charge in [0.1, 0.15) is 5.69 Å². The second-order valence-electron chi connectivity index (χ2n) is 3.91. The van der Waals surface area contributed by atoms with Gasteiger partial charge in [-0.2, -0.15) is 9.78 Å². The van der Waals surface area contributed by atoms with Gasteiger partial charge in [0.15, 0.2) is 5.82 Å². The molecule has 0 fully saturated rings. The third-order valence-electron chi connectivity index (χ3n) is 2.57. The van der Waals surface area contributed by atoms with Gasteiger partial charge < -0.3 is 5.73 Å². The zero-order valence-corrected chi connectivity index (χ0v) is 9.72. The van der Waals surface area contributed by atoms with Crippen LogP contribution in [0.2, 0.25) is 0 Å². The summed E-state index contributed by atoms with van der Waals surface area (Å²) in [4.78, 5) is 0. The number of nitrogen functional groups attached to an aromatic ring is 1. The minimum Gasteiger partial charge on any atom is -0.399 e. The highest BCUT2D eigenvalue weighted by Crippen LogP contribution is 2.19. The Morgan fingerprint density at radius 3 is 2.61 bits per heavy atom.